The highest BCUT2D eigenvalue weighted by molar-refractivity contribution is 7.97. The van der Waals surface area contributed by atoms with Crippen LogP contribution in [0.25, 0.3) is 10.2 Å². The molecule has 5 fully saturated rings. The molecule has 1 aromatic heterocycles. The van der Waals surface area contributed by atoms with Crippen LogP contribution in [0.3, 0.4) is 0 Å². The van der Waals surface area contributed by atoms with Gasteiger partial charge in [-0.05, 0) is 92.3 Å². The monoisotopic (exact) mass is 686 g/mol. The number of benzene rings is 2. The average Bonchev–Trinajstić information content (AvgIpc) is 3.62. The lowest BCUT2D eigenvalue weighted by atomic mass is 9.53. The number of carbonyl (C=O) groups excluding carboxylic acids is 1. The van der Waals surface area contributed by atoms with E-state index in [0.29, 0.717) is 24.1 Å². The zero-order valence-corrected chi connectivity index (χ0v) is 28.0. The minimum Gasteiger partial charge on any atom is -0.443 e. The first-order chi connectivity index (χ1) is 22.6. The van der Waals surface area contributed by atoms with Crippen LogP contribution in [0.5, 0.6) is 0 Å². The van der Waals surface area contributed by atoms with Gasteiger partial charge in [0.1, 0.15) is 17.7 Å². The maximum atomic E-state index is 14.2. The van der Waals surface area contributed by atoms with E-state index < -0.39 is 36.0 Å². The van der Waals surface area contributed by atoms with Crippen LogP contribution < -0.4 is 10.6 Å². The van der Waals surface area contributed by atoms with Gasteiger partial charge in [-0.1, -0.05) is 25.2 Å². The van der Waals surface area contributed by atoms with Crippen molar-refractivity contribution in [1.82, 2.24) is 14.6 Å². The molecule has 3 aliphatic carbocycles. The van der Waals surface area contributed by atoms with E-state index >= 15 is 0 Å². The second kappa shape index (κ2) is 12.4. The lowest BCUT2D eigenvalue weighted by Gasteiger charge is -2.63. The van der Waals surface area contributed by atoms with Gasteiger partial charge in [0.05, 0.1) is 34.1 Å². The summed E-state index contributed by atoms with van der Waals surface area (Å²) in [5, 5.41) is 18.9. The average molecular weight is 687 g/mol. The number of anilines is 1. The molecule has 2 bridgehead atoms. The molecule has 9 nitrogen and oxygen atoms in total. The Kier molecular flexibility index (Phi) is 8.37. The Labute approximate surface area is 280 Å². The number of nitrogens with one attached hydrogen (secondary N) is 2. The van der Waals surface area contributed by atoms with E-state index in [2.05, 4.69) is 34.9 Å². The number of aliphatic hydroxyl groups excluding tert-OH is 1. The predicted octanol–water partition coefficient (Wildman–Crippen LogP) is 6.10. The maximum Gasteiger partial charge on any atom is 0.407 e. The Morgan fingerprint density at radius 1 is 1.17 bits per heavy atom. The summed E-state index contributed by atoms with van der Waals surface area (Å²) in [6.45, 7) is 5.06. The van der Waals surface area contributed by atoms with Crippen molar-refractivity contribution in [3.05, 3.63) is 53.6 Å². The number of fused-ring (bicyclic) bond motifs is 2. The van der Waals surface area contributed by atoms with Crippen molar-refractivity contribution >= 4 is 44.7 Å². The SMILES string of the molecule is CC(C)CN(C[C@@H](O)[C@H](Cc1cc(F)cc(F)c1)NC(=O)OC1C2CC3C(O2)OC32CCC12)Sc1ccc2nc(NC3CC3)sc2c1. The first-order valence-corrected chi connectivity index (χ1v) is 18.2. The van der Waals surface area contributed by atoms with E-state index in [-0.39, 0.29) is 42.8 Å². The van der Waals surface area contributed by atoms with Gasteiger partial charge in [-0.3, -0.25) is 0 Å². The molecule has 8 rings (SSSR count). The number of carbonyl (C=O) groups is 1. The summed E-state index contributed by atoms with van der Waals surface area (Å²) >= 11 is 3.16. The Morgan fingerprint density at radius 3 is 2.70 bits per heavy atom. The van der Waals surface area contributed by atoms with E-state index in [9.17, 15) is 18.7 Å². The molecule has 0 radical (unpaired) electrons. The minimum atomic E-state index is -1.08. The molecule has 1 amide bonds. The molecule has 3 N–H and O–H groups in total. The van der Waals surface area contributed by atoms with Crippen molar-refractivity contribution in [3.63, 3.8) is 0 Å². The largest absolute Gasteiger partial charge is 0.443 e. The topological polar surface area (TPSA) is 105 Å². The van der Waals surface area contributed by atoms with E-state index in [1.807, 2.05) is 12.1 Å². The summed E-state index contributed by atoms with van der Waals surface area (Å²) in [5.41, 5.74) is 1.02. The van der Waals surface area contributed by atoms with Crippen LogP contribution in [-0.4, -0.2) is 75.9 Å². The van der Waals surface area contributed by atoms with E-state index in [4.69, 9.17) is 19.2 Å². The fourth-order valence-electron chi connectivity index (χ4n) is 7.77. The number of amides is 1. The van der Waals surface area contributed by atoms with Gasteiger partial charge < -0.3 is 30.0 Å². The number of hydrogen-bond acceptors (Lipinski definition) is 10. The maximum absolute atomic E-state index is 14.2. The molecule has 3 heterocycles. The van der Waals surface area contributed by atoms with Gasteiger partial charge in [0.25, 0.3) is 0 Å². The lowest BCUT2D eigenvalue weighted by Crippen LogP contribution is -2.71. The highest BCUT2D eigenvalue weighted by Crippen LogP contribution is 2.66. The summed E-state index contributed by atoms with van der Waals surface area (Å²) in [5.74, 6) is -0.688. The first-order valence-electron chi connectivity index (χ1n) is 16.7. The highest BCUT2D eigenvalue weighted by atomic mass is 32.2. The summed E-state index contributed by atoms with van der Waals surface area (Å²) in [6.07, 6.45) is 2.40. The van der Waals surface area contributed by atoms with Crippen LogP contribution in [0, 0.1) is 29.4 Å². The molecule has 3 aromatic rings. The van der Waals surface area contributed by atoms with Crippen LogP contribution in [-0.2, 0) is 20.6 Å². The van der Waals surface area contributed by atoms with Gasteiger partial charge in [-0.2, -0.15) is 0 Å². The molecule has 8 atom stereocenters. The zero-order chi connectivity index (χ0) is 32.4. The number of ether oxygens (including phenoxy) is 3. The van der Waals surface area contributed by atoms with Crippen molar-refractivity contribution in [2.24, 2.45) is 17.8 Å². The zero-order valence-electron chi connectivity index (χ0n) is 26.4. The Balaban J connectivity index is 0.979. The fraction of sp³-hybridized carbons (Fsp3) is 0.588. The Hall–Kier alpha value is -2.55. The molecule has 1 spiro atoms. The molecule has 2 aliphatic heterocycles. The lowest BCUT2D eigenvalue weighted by molar-refractivity contribution is -0.360. The molecular formula is C34H40F2N4O5S2. The summed E-state index contributed by atoms with van der Waals surface area (Å²) in [4.78, 5) is 19.2. The normalized spacial score (nSPS) is 30.1. The Morgan fingerprint density at radius 2 is 1.98 bits per heavy atom. The molecule has 2 aromatic carbocycles. The second-order valence-corrected chi connectivity index (χ2v) is 16.4. The highest BCUT2D eigenvalue weighted by Gasteiger charge is 2.75. The quantitative estimate of drug-likeness (QED) is 0.184. The number of nitrogens with zero attached hydrogens (tertiary/aromatic N) is 2. The van der Waals surface area contributed by atoms with Crippen LogP contribution in [0.1, 0.15) is 51.5 Å². The summed E-state index contributed by atoms with van der Waals surface area (Å²) in [6, 6.07) is 9.05. The molecule has 2 saturated heterocycles. The first kappa shape index (κ1) is 31.7. The number of hydrogen-bond donors (Lipinski definition) is 3. The van der Waals surface area contributed by atoms with E-state index in [1.165, 1.54) is 36.9 Å². The number of halogens is 2. The van der Waals surface area contributed by atoms with Crippen LogP contribution in [0.2, 0.25) is 0 Å². The van der Waals surface area contributed by atoms with Gasteiger partial charge in [0, 0.05) is 41.9 Å². The standard InChI is InChI=1S/C34H40F2N4O5S2/c1-17(2)15-40(47-22-5-6-25-29(13-22)46-32(38-25)37-21-3-4-21)16-27(41)26(11-18-9-19(35)12-20(36)10-18)39-33(42)44-30-23-7-8-34(23)24-14-28(30)43-31(24)45-34/h5-6,9-10,12-13,17,21,23-24,26-28,30-31,41H,3-4,7-8,11,14-16H2,1-2H3,(H,37,38)(H,39,42)/t23?,24?,26-,27+,28?,30?,31?,34?/m0/s1. The molecule has 6 unspecified atom stereocenters. The third kappa shape index (κ3) is 6.35. The van der Waals surface area contributed by atoms with E-state index in [1.54, 1.807) is 11.3 Å². The van der Waals surface area contributed by atoms with Crippen molar-refractivity contribution in [1.29, 1.82) is 0 Å². The van der Waals surface area contributed by atoms with Gasteiger partial charge in [-0.25, -0.2) is 22.9 Å². The van der Waals surface area contributed by atoms with Gasteiger partial charge in [0.2, 0.25) is 0 Å². The Bertz CT molecular complexity index is 1640. The molecule has 3 saturated carbocycles. The van der Waals surface area contributed by atoms with Gasteiger partial charge in [0.15, 0.2) is 11.4 Å². The van der Waals surface area contributed by atoms with Crippen LogP contribution >= 0.6 is 23.3 Å². The number of rotatable bonds is 13. The number of aliphatic hydroxyl groups is 1. The summed E-state index contributed by atoms with van der Waals surface area (Å²) in [7, 11) is 0. The third-order valence-electron chi connectivity index (χ3n) is 10.2. The summed E-state index contributed by atoms with van der Waals surface area (Å²) < 4.78 is 49.6. The van der Waals surface area contributed by atoms with Crippen LogP contribution in [0.15, 0.2) is 41.3 Å². The third-order valence-corrected chi connectivity index (χ3v) is 12.1. The van der Waals surface area contributed by atoms with Gasteiger partial charge in [-0.15, -0.1) is 0 Å². The minimum absolute atomic E-state index is 0.0138. The molecule has 47 heavy (non-hydrogen) atoms. The van der Waals surface area contributed by atoms with Crippen molar-refractivity contribution in [2.75, 3.05) is 18.4 Å². The van der Waals surface area contributed by atoms with Crippen molar-refractivity contribution in [3.8, 4) is 0 Å². The second-order valence-electron chi connectivity index (χ2n) is 14.2. The number of aromatic nitrogens is 1. The smallest absolute Gasteiger partial charge is 0.407 e. The number of alkyl carbamates (subject to hydrolysis) is 1. The van der Waals surface area contributed by atoms with Crippen molar-refractivity contribution in [2.45, 2.75) is 99.6 Å². The molecule has 252 valence electrons. The molecular weight excluding hydrogens is 647 g/mol. The van der Waals surface area contributed by atoms with E-state index in [0.717, 1.165) is 45.6 Å². The molecule has 5 aliphatic rings. The fourth-order valence-corrected chi connectivity index (χ4v) is 10.0. The molecule has 13 heteroatoms. The predicted molar refractivity (Wildman–Crippen MR) is 175 cm³/mol. The van der Waals surface area contributed by atoms with Gasteiger partial charge >= 0.3 is 6.09 Å². The van der Waals surface area contributed by atoms with Crippen molar-refractivity contribution < 1.29 is 32.9 Å². The number of thiazole rings is 1. The van der Waals surface area contributed by atoms with Crippen LogP contribution in [0.4, 0.5) is 18.7 Å².